The monoisotopic (exact) mass is 468 g/mol. The summed E-state index contributed by atoms with van der Waals surface area (Å²) in [5, 5.41) is 8.21. The summed E-state index contributed by atoms with van der Waals surface area (Å²) in [5.41, 5.74) is 4.12. The molecule has 4 rings (SSSR count). The normalized spacial score (nSPS) is 12.4. The molecule has 0 spiro atoms. The molecule has 0 saturated heterocycles. The van der Waals surface area contributed by atoms with E-state index in [-0.39, 0.29) is 22.8 Å². The Morgan fingerprint density at radius 1 is 1.03 bits per heavy atom. The first-order valence-corrected chi connectivity index (χ1v) is 9.81. The first kappa shape index (κ1) is 22.6. The topological polar surface area (TPSA) is 91.1 Å². The van der Waals surface area contributed by atoms with Gasteiger partial charge in [-0.2, -0.15) is 23.4 Å². The van der Waals surface area contributed by atoms with Gasteiger partial charge in [-0.15, -0.1) is 0 Å². The molecular formula is C23H16F4N6O. The molecule has 11 heteroatoms. The predicted molar refractivity (Wildman–Crippen MR) is 118 cm³/mol. The van der Waals surface area contributed by atoms with E-state index in [1.165, 1.54) is 41.2 Å². The van der Waals surface area contributed by atoms with Crippen molar-refractivity contribution < 1.29 is 17.6 Å². The Morgan fingerprint density at radius 3 is 2.53 bits per heavy atom. The average molecular weight is 468 g/mol. The zero-order valence-electron chi connectivity index (χ0n) is 17.3. The zero-order chi connectivity index (χ0) is 24.3. The molecule has 2 aromatic heterocycles. The number of aliphatic imine (C=N–C) groups is 1. The van der Waals surface area contributed by atoms with E-state index in [0.29, 0.717) is 5.69 Å². The van der Waals surface area contributed by atoms with Gasteiger partial charge in [-0.3, -0.25) is 4.79 Å². The second kappa shape index (κ2) is 9.14. The third-order valence-corrected chi connectivity index (χ3v) is 4.68. The Labute approximate surface area is 190 Å². The quantitative estimate of drug-likeness (QED) is 0.352. The SMILES string of the molecule is NC=CC(=Nc1cccc(C(F)(F)F)c1)c1nn(-c2ccc(-n3cccn3)cc2F)ccc1=O. The zero-order valence-corrected chi connectivity index (χ0v) is 17.3. The molecule has 0 amide bonds. The van der Waals surface area contributed by atoms with Crippen LogP contribution in [0.5, 0.6) is 0 Å². The lowest BCUT2D eigenvalue weighted by molar-refractivity contribution is -0.137. The van der Waals surface area contributed by atoms with Crippen LogP contribution in [0.4, 0.5) is 23.2 Å². The molecule has 34 heavy (non-hydrogen) atoms. The fraction of sp³-hybridized carbons (Fsp3) is 0.0435. The fourth-order valence-electron chi connectivity index (χ4n) is 3.12. The molecule has 2 N–H and O–H groups in total. The third-order valence-electron chi connectivity index (χ3n) is 4.68. The first-order valence-electron chi connectivity index (χ1n) is 9.81. The maximum absolute atomic E-state index is 14.9. The second-order valence-electron chi connectivity index (χ2n) is 6.96. The minimum atomic E-state index is -4.56. The van der Waals surface area contributed by atoms with Gasteiger partial charge in [0, 0.05) is 30.7 Å². The van der Waals surface area contributed by atoms with E-state index in [1.54, 1.807) is 24.5 Å². The Kier molecular flexibility index (Phi) is 6.09. The number of aromatic nitrogens is 4. The highest BCUT2D eigenvalue weighted by Gasteiger charge is 2.30. The highest BCUT2D eigenvalue weighted by atomic mass is 19.4. The summed E-state index contributed by atoms with van der Waals surface area (Å²) in [4.78, 5) is 16.6. The predicted octanol–water partition coefficient (Wildman–Crippen LogP) is 4.17. The van der Waals surface area contributed by atoms with E-state index in [1.807, 2.05) is 0 Å². The van der Waals surface area contributed by atoms with Gasteiger partial charge in [-0.1, -0.05) is 6.07 Å². The number of halogens is 4. The second-order valence-corrected chi connectivity index (χ2v) is 6.96. The van der Waals surface area contributed by atoms with Gasteiger partial charge in [-0.05, 0) is 48.7 Å². The molecule has 0 atom stereocenters. The van der Waals surface area contributed by atoms with Gasteiger partial charge in [0.2, 0.25) is 5.43 Å². The molecule has 0 bridgehead atoms. The van der Waals surface area contributed by atoms with E-state index in [9.17, 15) is 22.4 Å². The van der Waals surface area contributed by atoms with Crippen molar-refractivity contribution in [3.05, 3.63) is 113 Å². The van der Waals surface area contributed by atoms with Crippen LogP contribution in [0.15, 0.2) is 95.3 Å². The number of rotatable bonds is 5. The summed E-state index contributed by atoms with van der Waals surface area (Å²) in [6.07, 6.45) is 2.21. The number of allylic oxidation sites excluding steroid dienone is 1. The standard InChI is InChI=1S/C23H16F4N6O/c24-18-14-17(32-11-2-10-29-32)5-6-20(18)33-12-8-21(34)22(31-33)19(7-9-28)30-16-4-1-3-15(13-16)23(25,26)27/h1-14H,28H2. The van der Waals surface area contributed by atoms with Gasteiger partial charge in [0.05, 0.1) is 22.6 Å². The third kappa shape index (κ3) is 4.77. The van der Waals surface area contributed by atoms with Crippen molar-refractivity contribution in [2.75, 3.05) is 0 Å². The van der Waals surface area contributed by atoms with E-state index in [2.05, 4.69) is 15.2 Å². The van der Waals surface area contributed by atoms with Crippen LogP contribution < -0.4 is 11.2 Å². The minimum absolute atomic E-state index is 0.0345. The van der Waals surface area contributed by atoms with Gasteiger partial charge < -0.3 is 5.73 Å². The number of nitrogens with zero attached hydrogens (tertiary/aromatic N) is 5. The maximum atomic E-state index is 14.9. The van der Waals surface area contributed by atoms with E-state index >= 15 is 0 Å². The Balaban J connectivity index is 1.77. The Morgan fingerprint density at radius 2 is 1.85 bits per heavy atom. The van der Waals surface area contributed by atoms with Gasteiger partial charge >= 0.3 is 6.18 Å². The first-order chi connectivity index (χ1) is 16.3. The lowest BCUT2D eigenvalue weighted by Gasteiger charge is -2.11. The van der Waals surface area contributed by atoms with Crippen LogP contribution in [0.3, 0.4) is 0 Å². The summed E-state index contributed by atoms with van der Waals surface area (Å²) >= 11 is 0. The van der Waals surface area contributed by atoms with Crippen molar-refractivity contribution in [1.82, 2.24) is 19.6 Å². The number of alkyl halides is 3. The van der Waals surface area contributed by atoms with Crippen molar-refractivity contribution in [3.63, 3.8) is 0 Å². The van der Waals surface area contributed by atoms with Gasteiger partial charge in [-0.25, -0.2) is 18.7 Å². The molecule has 0 unspecified atom stereocenters. The van der Waals surface area contributed by atoms with Gasteiger partial charge in [0.15, 0.2) is 11.5 Å². The summed E-state index contributed by atoms with van der Waals surface area (Å²) in [5.74, 6) is -0.638. The smallest absolute Gasteiger partial charge is 0.405 e. The summed E-state index contributed by atoms with van der Waals surface area (Å²) < 4.78 is 56.6. The van der Waals surface area contributed by atoms with Crippen molar-refractivity contribution >= 4 is 11.4 Å². The summed E-state index contributed by atoms with van der Waals surface area (Å²) in [7, 11) is 0. The van der Waals surface area contributed by atoms with Crippen molar-refractivity contribution in [3.8, 4) is 11.4 Å². The van der Waals surface area contributed by atoms with E-state index in [4.69, 9.17) is 5.73 Å². The van der Waals surface area contributed by atoms with Crippen LogP contribution in [0, 0.1) is 5.82 Å². The lowest BCUT2D eigenvalue weighted by atomic mass is 10.2. The number of nitrogens with two attached hydrogens (primary N) is 1. The molecule has 0 aliphatic carbocycles. The average Bonchev–Trinajstić information content (AvgIpc) is 3.34. The molecule has 0 saturated carbocycles. The van der Waals surface area contributed by atoms with Crippen molar-refractivity contribution in [2.45, 2.75) is 6.18 Å². The molecular weight excluding hydrogens is 452 g/mol. The molecule has 0 fully saturated rings. The van der Waals surface area contributed by atoms with Crippen molar-refractivity contribution in [2.24, 2.45) is 10.7 Å². The van der Waals surface area contributed by atoms with Crippen LogP contribution in [0.25, 0.3) is 11.4 Å². The van der Waals surface area contributed by atoms with Crippen LogP contribution in [-0.4, -0.2) is 25.3 Å². The van der Waals surface area contributed by atoms with Gasteiger partial charge in [0.1, 0.15) is 5.69 Å². The van der Waals surface area contributed by atoms with Crippen molar-refractivity contribution in [1.29, 1.82) is 0 Å². The highest BCUT2D eigenvalue weighted by molar-refractivity contribution is 6.08. The Bertz CT molecular complexity index is 1440. The molecule has 0 radical (unpaired) electrons. The highest BCUT2D eigenvalue weighted by Crippen LogP contribution is 2.31. The number of hydrogen-bond donors (Lipinski definition) is 1. The van der Waals surface area contributed by atoms with E-state index < -0.39 is 23.0 Å². The summed E-state index contributed by atoms with van der Waals surface area (Å²) in [6, 6.07) is 11.4. The molecule has 2 heterocycles. The van der Waals surface area contributed by atoms with Crippen LogP contribution >= 0.6 is 0 Å². The molecule has 0 aliphatic rings. The Hall–Kier alpha value is -4.54. The van der Waals surface area contributed by atoms with Gasteiger partial charge in [0.25, 0.3) is 0 Å². The largest absolute Gasteiger partial charge is 0.416 e. The van der Waals surface area contributed by atoms with Crippen LogP contribution in [0.1, 0.15) is 11.3 Å². The fourth-order valence-corrected chi connectivity index (χ4v) is 3.12. The number of benzene rings is 2. The van der Waals surface area contributed by atoms with Crippen LogP contribution in [0.2, 0.25) is 0 Å². The van der Waals surface area contributed by atoms with Crippen LogP contribution in [-0.2, 0) is 6.18 Å². The summed E-state index contributed by atoms with van der Waals surface area (Å²) in [6.45, 7) is 0. The molecule has 2 aromatic carbocycles. The molecule has 7 nitrogen and oxygen atoms in total. The lowest BCUT2D eigenvalue weighted by Crippen LogP contribution is -2.21. The van der Waals surface area contributed by atoms with E-state index in [0.717, 1.165) is 29.1 Å². The molecule has 172 valence electrons. The molecule has 4 aromatic rings. The number of hydrogen-bond acceptors (Lipinski definition) is 5. The maximum Gasteiger partial charge on any atom is 0.416 e. The minimum Gasteiger partial charge on any atom is -0.405 e. The molecule has 0 aliphatic heterocycles.